The van der Waals surface area contributed by atoms with Crippen molar-refractivity contribution < 1.29 is 14.4 Å². The molecule has 2 aromatic carbocycles. The molecule has 3 heterocycles. The molecular weight excluding hydrogens is 550 g/mol. The van der Waals surface area contributed by atoms with Gasteiger partial charge in [-0.3, -0.25) is 15.1 Å². The second-order valence-corrected chi connectivity index (χ2v) is 11.2. The van der Waals surface area contributed by atoms with E-state index in [1.165, 1.54) is 18.9 Å². The average molecular weight is 584 g/mol. The summed E-state index contributed by atoms with van der Waals surface area (Å²) in [6.45, 7) is 4.01. The van der Waals surface area contributed by atoms with Gasteiger partial charge in [0.05, 0.1) is 41.6 Å². The number of aryl methyl sites for hydroxylation is 1. The average Bonchev–Trinajstić information content (AvgIpc) is 3.71. The molecule has 2 aliphatic rings. The Morgan fingerprint density at radius 3 is 2.48 bits per heavy atom. The van der Waals surface area contributed by atoms with Gasteiger partial charge in [0, 0.05) is 35.4 Å². The van der Waals surface area contributed by atoms with Crippen molar-refractivity contribution in [2.45, 2.75) is 57.7 Å². The molecule has 1 saturated carbocycles. The highest BCUT2D eigenvalue weighted by Gasteiger charge is 2.42. The molecule has 216 valence electrons. The van der Waals surface area contributed by atoms with Gasteiger partial charge < -0.3 is 24.3 Å². The van der Waals surface area contributed by atoms with Gasteiger partial charge in [-0.15, -0.1) is 0 Å². The standard InChI is InChI=1S/C32H33N5O4S/c1-20-18-26(21(2)35(20)28-19-23(37(38)39)13-16-29(28)40-3)31-30(27-10-6-7-17-33-27)34-32(42)36(31)22-11-14-25(15-12-22)41-24-8-4-5-9-24/h6-7,10-19,24,30-31H,4-5,8-9H2,1-3H3,(H,34,42)/t30-,31+/m0/s1. The molecule has 4 aromatic rings. The molecule has 0 unspecified atom stereocenters. The molecule has 9 nitrogen and oxygen atoms in total. The summed E-state index contributed by atoms with van der Waals surface area (Å²) in [7, 11) is 1.57. The van der Waals surface area contributed by atoms with Crippen molar-refractivity contribution >= 4 is 28.7 Å². The number of benzene rings is 2. The van der Waals surface area contributed by atoms with Gasteiger partial charge in [-0.05, 0) is 106 Å². The summed E-state index contributed by atoms with van der Waals surface area (Å²) >= 11 is 5.94. The van der Waals surface area contributed by atoms with Crippen LogP contribution in [0.1, 0.15) is 60.4 Å². The van der Waals surface area contributed by atoms with Crippen LogP contribution in [0.15, 0.2) is 72.9 Å². The topological polar surface area (TPSA) is 94.7 Å². The fourth-order valence-corrected chi connectivity index (χ4v) is 6.60. The molecule has 2 fully saturated rings. The Kier molecular flexibility index (Phi) is 7.55. The van der Waals surface area contributed by atoms with E-state index in [0.717, 1.165) is 46.9 Å². The SMILES string of the molecule is COc1ccc([N+](=O)[O-])cc1-n1c(C)cc([C@@H]2[C@H](c3ccccn3)NC(=S)N2c2ccc(OC3CCCC3)cc2)c1C. The van der Waals surface area contributed by atoms with E-state index in [1.807, 2.05) is 48.7 Å². The van der Waals surface area contributed by atoms with Crippen LogP contribution in [0.2, 0.25) is 0 Å². The first-order valence-electron chi connectivity index (χ1n) is 14.1. The van der Waals surface area contributed by atoms with Gasteiger partial charge in [0.2, 0.25) is 0 Å². The summed E-state index contributed by atoms with van der Waals surface area (Å²) in [6, 6.07) is 20.3. The molecule has 6 rings (SSSR count). The smallest absolute Gasteiger partial charge is 0.271 e. The van der Waals surface area contributed by atoms with E-state index in [2.05, 4.69) is 33.4 Å². The van der Waals surface area contributed by atoms with Crippen LogP contribution in [0.4, 0.5) is 11.4 Å². The van der Waals surface area contributed by atoms with Crippen LogP contribution in [-0.4, -0.2) is 32.8 Å². The maximum Gasteiger partial charge on any atom is 0.271 e. The summed E-state index contributed by atoms with van der Waals surface area (Å²) in [4.78, 5) is 18.0. The molecule has 2 atom stereocenters. The van der Waals surface area contributed by atoms with E-state index < -0.39 is 4.92 Å². The first kappa shape index (κ1) is 27.7. The number of non-ortho nitro benzene ring substituents is 1. The highest BCUT2D eigenvalue weighted by molar-refractivity contribution is 7.80. The maximum absolute atomic E-state index is 11.6. The molecule has 0 bridgehead atoms. The van der Waals surface area contributed by atoms with E-state index in [0.29, 0.717) is 16.5 Å². The lowest BCUT2D eigenvalue weighted by atomic mass is 9.96. The van der Waals surface area contributed by atoms with Gasteiger partial charge in [0.1, 0.15) is 11.5 Å². The second kappa shape index (κ2) is 11.4. The number of rotatable bonds is 8. The maximum atomic E-state index is 11.6. The molecule has 0 amide bonds. The van der Waals surface area contributed by atoms with Crippen LogP contribution < -0.4 is 19.7 Å². The van der Waals surface area contributed by atoms with Gasteiger partial charge in [-0.1, -0.05) is 6.07 Å². The molecule has 42 heavy (non-hydrogen) atoms. The number of nitrogens with one attached hydrogen (secondary N) is 1. The van der Waals surface area contributed by atoms with Gasteiger partial charge >= 0.3 is 0 Å². The quantitative estimate of drug-likeness (QED) is 0.136. The van der Waals surface area contributed by atoms with Crippen molar-refractivity contribution in [1.82, 2.24) is 14.9 Å². The third-order valence-electron chi connectivity index (χ3n) is 8.22. The number of methoxy groups -OCH3 is 1. The third kappa shape index (κ3) is 5.07. The first-order chi connectivity index (χ1) is 20.4. The Hall–Kier alpha value is -4.44. The Morgan fingerprint density at radius 1 is 1.05 bits per heavy atom. The monoisotopic (exact) mass is 583 g/mol. The number of anilines is 1. The second-order valence-electron chi connectivity index (χ2n) is 10.8. The summed E-state index contributed by atoms with van der Waals surface area (Å²) in [5.41, 5.74) is 5.27. The minimum absolute atomic E-state index is 0.00328. The van der Waals surface area contributed by atoms with Crippen LogP contribution in [0.3, 0.4) is 0 Å². The largest absolute Gasteiger partial charge is 0.495 e. The van der Waals surface area contributed by atoms with Crippen molar-refractivity contribution in [2.24, 2.45) is 0 Å². The molecule has 1 N–H and O–H groups in total. The molecule has 2 aromatic heterocycles. The van der Waals surface area contributed by atoms with Crippen LogP contribution >= 0.6 is 12.2 Å². The lowest BCUT2D eigenvalue weighted by Gasteiger charge is -2.28. The Labute approximate surface area is 250 Å². The molecule has 0 radical (unpaired) electrons. The number of pyridine rings is 1. The number of nitrogens with zero attached hydrogens (tertiary/aromatic N) is 4. The zero-order chi connectivity index (χ0) is 29.4. The van der Waals surface area contributed by atoms with Gasteiger partial charge in [0.15, 0.2) is 5.11 Å². The first-order valence-corrected chi connectivity index (χ1v) is 14.6. The predicted molar refractivity (Wildman–Crippen MR) is 166 cm³/mol. The fourth-order valence-electron chi connectivity index (χ4n) is 6.26. The Balaban J connectivity index is 1.44. The number of hydrogen-bond acceptors (Lipinski definition) is 6. The molecule has 0 spiro atoms. The van der Waals surface area contributed by atoms with Crippen molar-refractivity contribution in [3.05, 3.63) is 106 Å². The number of thiocarbonyl (C=S) groups is 1. The number of ether oxygens (including phenoxy) is 2. The van der Waals surface area contributed by atoms with E-state index in [-0.39, 0.29) is 23.9 Å². The highest BCUT2D eigenvalue weighted by atomic mass is 32.1. The van der Waals surface area contributed by atoms with Crippen molar-refractivity contribution in [3.8, 4) is 17.2 Å². The summed E-state index contributed by atoms with van der Waals surface area (Å²) in [5.74, 6) is 1.41. The van der Waals surface area contributed by atoms with E-state index >= 15 is 0 Å². The number of nitro benzene ring substituents is 1. The van der Waals surface area contributed by atoms with E-state index in [4.69, 9.17) is 21.7 Å². The van der Waals surface area contributed by atoms with E-state index in [1.54, 1.807) is 25.4 Å². The molecular formula is C32H33N5O4S. The van der Waals surface area contributed by atoms with E-state index in [9.17, 15) is 10.1 Å². The van der Waals surface area contributed by atoms with Crippen LogP contribution in [0.25, 0.3) is 5.69 Å². The van der Waals surface area contributed by atoms with Crippen molar-refractivity contribution in [1.29, 1.82) is 0 Å². The Morgan fingerprint density at radius 2 is 1.81 bits per heavy atom. The van der Waals surface area contributed by atoms with Crippen LogP contribution in [0, 0.1) is 24.0 Å². The molecule has 1 aliphatic heterocycles. The van der Waals surface area contributed by atoms with Gasteiger partial charge in [-0.2, -0.15) is 0 Å². The third-order valence-corrected chi connectivity index (χ3v) is 8.54. The fraction of sp³-hybridized carbons (Fsp3) is 0.312. The predicted octanol–water partition coefficient (Wildman–Crippen LogP) is 6.90. The summed E-state index contributed by atoms with van der Waals surface area (Å²) in [6.07, 6.45) is 6.69. The van der Waals surface area contributed by atoms with Crippen LogP contribution in [0.5, 0.6) is 11.5 Å². The summed E-state index contributed by atoms with van der Waals surface area (Å²) in [5, 5.41) is 15.8. The molecule has 1 aliphatic carbocycles. The zero-order valence-electron chi connectivity index (χ0n) is 23.8. The molecule has 10 heteroatoms. The van der Waals surface area contributed by atoms with Crippen molar-refractivity contribution in [2.75, 3.05) is 12.0 Å². The minimum Gasteiger partial charge on any atom is -0.495 e. The summed E-state index contributed by atoms with van der Waals surface area (Å²) < 4.78 is 13.9. The minimum atomic E-state index is -0.393. The number of aromatic nitrogens is 2. The highest BCUT2D eigenvalue weighted by Crippen LogP contribution is 2.44. The Bertz CT molecular complexity index is 1620. The zero-order valence-corrected chi connectivity index (χ0v) is 24.6. The number of hydrogen-bond donors (Lipinski definition) is 1. The normalized spacial score (nSPS) is 18.7. The number of nitro groups is 1. The molecule has 1 saturated heterocycles. The van der Waals surface area contributed by atoms with Crippen molar-refractivity contribution in [3.63, 3.8) is 0 Å². The van der Waals surface area contributed by atoms with Gasteiger partial charge in [-0.25, -0.2) is 0 Å². The van der Waals surface area contributed by atoms with Gasteiger partial charge in [0.25, 0.3) is 5.69 Å². The van der Waals surface area contributed by atoms with Crippen LogP contribution in [-0.2, 0) is 0 Å². The lowest BCUT2D eigenvalue weighted by Crippen LogP contribution is -2.29. The lowest BCUT2D eigenvalue weighted by molar-refractivity contribution is -0.384.